The number of hydrogen-bond acceptors (Lipinski definition) is 8. The zero-order valence-corrected chi connectivity index (χ0v) is 32.3. The fourth-order valence-corrected chi connectivity index (χ4v) is 5.77. The second-order valence-electron chi connectivity index (χ2n) is 13.7. The van der Waals surface area contributed by atoms with Gasteiger partial charge < -0.3 is 40.3 Å². The number of nitrogens with one attached hydrogen (secondary N) is 1. The Bertz CT molecular complexity index is 1040. The smallest absolute Gasteiger partial charge is 0.220 e. The molecule has 1 fully saturated rings. The predicted molar refractivity (Wildman–Crippen MR) is 212 cm³/mol. The average Bonchev–Trinajstić information content (AvgIpc) is 3.14. The lowest BCUT2D eigenvalue weighted by Gasteiger charge is -2.40. The van der Waals surface area contributed by atoms with E-state index in [1.165, 1.54) is 19.3 Å². The van der Waals surface area contributed by atoms with Crippen LogP contribution in [-0.4, -0.2) is 87.5 Å². The normalized spacial score (nSPS) is 22.6. The van der Waals surface area contributed by atoms with E-state index in [4.69, 9.17) is 9.47 Å². The van der Waals surface area contributed by atoms with Gasteiger partial charge in [0, 0.05) is 6.42 Å². The highest BCUT2D eigenvalue weighted by atomic mass is 16.7. The Balaban J connectivity index is 2.27. The van der Waals surface area contributed by atoms with Gasteiger partial charge in [-0.25, -0.2) is 0 Å². The zero-order chi connectivity index (χ0) is 38.1. The molecule has 0 aliphatic carbocycles. The van der Waals surface area contributed by atoms with Crippen molar-refractivity contribution >= 4 is 5.91 Å². The van der Waals surface area contributed by atoms with Crippen LogP contribution in [0, 0.1) is 0 Å². The van der Waals surface area contributed by atoms with E-state index in [0.717, 1.165) is 96.3 Å². The first-order chi connectivity index (χ1) is 25.3. The maximum absolute atomic E-state index is 12.8. The lowest BCUT2D eigenvalue weighted by atomic mass is 9.99. The van der Waals surface area contributed by atoms with E-state index >= 15 is 0 Å². The third kappa shape index (κ3) is 24.0. The molecular formula is C43H73NO8. The molecule has 6 N–H and O–H groups in total. The second kappa shape index (κ2) is 33.2. The maximum Gasteiger partial charge on any atom is 0.220 e. The molecule has 52 heavy (non-hydrogen) atoms. The number of aliphatic hydroxyl groups is 5. The molecule has 0 aromatic carbocycles. The minimum absolute atomic E-state index is 0.199. The summed E-state index contributed by atoms with van der Waals surface area (Å²) in [7, 11) is 0. The number of hydrogen-bond donors (Lipinski definition) is 6. The molecule has 1 heterocycles. The predicted octanol–water partition coefficient (Wildman–Crippen LogP) is 7.44. The van der Waals surface area contributed by atoms with Crippen LogP contribution in [-0.2, 0) is 14.3 Å². The SMILES string of the molecule is CC/C=C\C/C=C\C/C=C\C/C=C\C/C=C\CCCCCCCCCC(=O)NC(COC1OC(CO)C(O)C(O)C1O)C(O)/C=C/CCCCCC. The van der Waals surface area contributed by atoms with Gasteiger partial charge in [-0.3, -0.25) is 4.79 Å². The Morgan fingerprint density at radius 1 is 0.673 bits per heavy atom. The van der Waals surface area contributed by atoms with Crippen molar-refractivity contribution in [2.24, 2.45) is 0 Å². The highest BCUT2D eigenvalue weighted by molar-refractivity contribution is 5.76. The van der Waals surface area contributed by atoms with Crippen LogP contribution in [0.15, 0.2) is 72.9 Å². The van der Waals surface area contributed by atoms with Crippen LogP contribution in [0.2, 0.25) is 0 Å². The molecule has 0 saturated carbocycles. The molecule has 7 atom stereocenters. The summed E-state index contributed by atoms with van der Waals surface area (Å²) < 4.78 is 11.1. The summed E-state index contributed by atoms with van der Waals surface area (Å²) in [6.45, 7) is 3.53. The minimum Gasteiger partial charge on any atom is -0.394 e. The Hall–Kier alpha value is -2.37. The van der Waals surface area contributed by atoms with Crippen LogP contribution >= 0.6 is 0 Å². The molecule has 0 aromatic rings. The Kier molecular flexibility index (Phi) is 30.4. The number of carbonyl (C=O) groups is 1. The summed E-state index contributed by atoms with van der Waals surface area (Å²) in [5, 5.41) is 53.7. The maximum atomic E-state index is 12.8. The van der Waals surface area contributed by atoms with E-state index in [-0.39, 0.29) is 12.5 Å². The van der Waals surface area contributed by atoms with Crippen LogP contribution in [0.3, 0.4) is 0 Å². The fourth-order valence-electron chi connectivity index (χ4n) is 5.77. The van der Waals surface area contributed by atoms with Gasteiger partial charge >= 0.3 is 0 Å². The largest absolute Gasteiger partial charge is 0.394 e. The molecule has 1 aliphatic heterocycles. The van der Waals surface area contributed by atoms with E-state index in [1.54, 1.807) is 6.08 Å². The van der Waals surface area contributed by atoms with Crippen molar-refractivity contribution in [3.05, 3.63) is 72.9 Å². The van der Waals surface area contributed by atoms with E-state index in [9.17, 15) is 30.3 Å². The summed E-state index contributed by atoms with van der Waals surface area (Å²) >= 11 is 0. The van der Waals surface area contributed by atoms with E-state index in [0.29, 0.717) is 6.42 Å². The van der Waals surface area contributed by atoms with Gasteiger partial charge in [0.2, 0.25) is 5.91 Å². The van der Waals surface area contributed by atoms with Gasteiger partial charge in [-0.1, -0.05) is 138 Å². The van der Waals surface area contributed by atoms with Gasteiger partial charge in [0.25, 0.3) is 0 Å². The third-order valence-corrected chi connectivity index (χ3v) is 9.04. The molecule has 0 bridgehead atoms. The lowest BCUT2D eigenvalue weighted by Crippen LogP contribution is -2.60. The van der Waals surface area contributed by atoms with Crippen molar-refractivity contribution in [1.29, 1.82) is 0 Å². The topological polar surface area (TPSA) is 149 Å². The molecule has 9 heteroatoms. The molecule has 1 saturated heterocycles. The first-order valence-corrected chi connectivity index (χ1v) is 20.2. The van der Waals surface area contributed by atoms with Crippen LogP contribution in [0.25, 0.3) is 0 Å². The molecule has 1 aliphatic rings. The van der Waals surface area contributed by atoms with Crippen LogP contribution in [0.5, 0.6) is 0 Å². The molecule has 7 unspecified atom stereocenters. The molecule has 0 spiro atoms. The van der Waals surface area contributed by atoms with Crippen LogP contribution in [0.4, 0.5) is 0 Å². The fraction of sp³-hybridized carbons (Fsp3) is 0.698. The molecule has 1 amide bonds. The number of amides is 1. The van der Waals surface area contributed by atoms with Crippen molar-refractivity contribution < 1.29 is 39.8 Å². The molecule has 0 aromatic heterocycles. The number of allylic oxidation sites excluding steroid dienone is 11. The van der Waals surface area contributed by atoms with Gasteiger partial charge in [-0.2, -0.15) is 0 Å². The van der Waals surface area contributed by atoms with Gasteiger partial charge in [0.1, 0.15) is 24.4 Å². The first kappa shape index (κ1) is 47.7. The summed E-state index contributed by atoms with van der Waals surface area (Å²) in [6, 6.07) is -0.810. The number of aliphatic hydroxyl groups excluding tert-OH is 5. The van der Waals surface area contributed by atoms with Crippen LogP contribution in [0.1, 0.15) is 136 Å². The van der Waals surface area contributed by atoms with E-state index in [1.807, 2.05) is 6.08 Å². The molecule has 0 radical (unpaired) electrons. The Morgan fingerprint density at radius 2 is 1.19 bits per heavy atom. The van der Waals surface area contributed by atoms with Crippen molar-refractivity contribution in [1.82, 2.24) is 5.32 Å². The zero-order valence-electron chi connectivity index (χ0n) is 32.3. The van der Waals surface area contributed by atoms with Crippen molar-refractivity contribution in [3.63, 3.8) is 0 Å². The standard InChI is InChI=1S/C43H73NO8/c1-3-5-7-9-11-12-13-14-15-16-17-18-19-20-21-22-23-24-25-26-27-29-31-33-39(47)44-36(37(46)32-30-28-10-8-6-4-2)35-51-43-42(50)41(49)40(48)38(34-45)52-43/h5,7,11-12,14-15,17-18,20-21,30,32,36-38,40-43,45-46,48-50H,3-4,6,8-10,13,16,19,22-29,31,33-35H2,1-2H3,(H,44,47)/b7-5-,12-11-,15-14-,18-17-,21-20-,32-30+. The van der Waals surface area contributed by atoms with Crippen molar-refractivity contribution in [2.75, 3.05) is 13.2 Å². The number of carbonyl (C=O) groups excluding carboxylic acids is 1. The summed E-state index contributed by atoms with van der Waals surface area (Å²) in [5.74, 6) is -0.199. The molecule has 9 nitrogen and oxygen atoms in total. The highest BCUT2D eigenvalue weighted by Gasteiger charge is 2.44. The second-order valence-corrected chi connectivity index (χ2v) is 13.7. The number of rotatable bonds is 31. The lowest BCUT2D eigenvalue weighted by molar-refractivity contribution is -0.302. The van der Waals surface area contributed by atoms with Gasteiger partial charge in [-0.05, 0) is 64.2 Å². The summed E-state index contributed by atoms with van der Waals surface area (Å²) in [5.41, 5.74) is 0. The van der Waals surface area contributed by atoms with Gasteiger partial charge in [-0.15, -0.1) is 0 Å². The van der Waals surface area contributed by atoms with Gasteiger partial charge in [0.15, 0.2) is 6.29 Å². The van der Waals surface area contributed by atoms with Crippen molar-refractivity contribution in [2.45, 2.75) is 179 Å². The van der Waals surface area contributed by atoms with Gasteiger partial charge in [0.05, 0.1) is 25.4 Å². The first-order valence-electron chi connectivity index (χ1n) is 20.2. The van der Waals surface area contributed by atoms with E-state index in [2.05, 4.69) is 79.9 Å². The number of unbranched alkanes of at least 4 members (excludes halogenated alkanes) is 11. The third-order valence-electron chi connectivity index (χ3n) is 9.04. The Labute approximate surface area is 315 Å². The summed E-state index contributed by atoms with van der Waals surface area (Å²) in [4.78, 5) is 12.8. The number of ether oxygens (including phenoxy) is 2. The van der Waals surface area contributed by atoms with E-state index < -0.39 is 49.5 Å². The van der Waals surface area contributed by atoms with Crippen molar-refractivity contribution in [3.8, 4) is 0 Å². The monoisotopic (exact) mass is 732 g/mol. The average molecular weight is 732 g/mol. The Morgan fingerprint density at radius 3 is 1.77 bits per heavy atom. The quantitative estimate of drug-likeness (QED) is 0.0319. The summed E-state index contributed by atoms with van der Waals surface area (Å²) in [6.07, 6.45) is 36.9. The molecular weight excluding hydrogens is 658 g/mol. The highest BCUT2D eigenvalue weighted by Crippen LogP contribution is 2.22. The molecule has 1 rings (SSSR count). The minimum atomic E-state index is -1.57. The van der Waals surface area contributed by atoms with Crippen LogP contribution < -0.4 is 5.32 Å². The molecule has 298 valence electrons.